The molecule has 0 spiro atoms. The zero-order chi connectivity index (χ0) is 93.0. The first-order chi connectivity index (χ1) is 67.7. The Balaban J connectivity index is 0.897. The molecular formula is C134H102BN3. The van der Waals surface area contributed by atoms with Crippen LogP contribution in [0.1, 0.15) is 52.7 Å². The van der Waals surface area contributed by atoms with Gasteiger partial charge in [0.2, 0.25) is 0 Å². The van der Waals surface area contributed by atoms with E-state index in [-0.39, 0.29) is 10.8 Å². The molecule has 0 unspecified atom stereocenters. The first-order valence-electron chi connectivity index (χ1n) is 48.2. The Morgan fingerprint density at radius 2 is 0.391 bits per heavy atom. The Labute approximate surface area is 812 Å². The van der Waals surface area contributed by atoms with Crippen molar-refractivity contribution in [2.75, 3.05) is 14.7 Å². The highest BCUT2D eigenvalue weighted by molar-refractivity contribution is 7.00. The molecule has 0 amide bonds. The molecule has 0 aromatic heterocycles. The van der Waals surface area contributed by atoms with Gasteiger partial charge in [-0.25, -0.2) is 0 Å². The van der Waals surface area contributed by atoms with E-state index in [1.165, 1.54) is 66.6 Å². The summed E-state index contributed by atoms with van der Waals surface area (Å²) in [7, 11) is 0. The second-order valence-electron chi connectivity index (χ2n) is 38.6. The lowest BCUT2D eigenvalue weighted by Crippen LogP contribution is -2.61. The number of hydrogen-bond donors (Lipinski definition) is 0. The Morgan fingerprint density at radius 1 is 0.167 bits per heavy atom. The van der Waals surface area contributed by atoms with Crippen LogP contribution in [0.5, 0.6) is 0 Å². The van der Waals surface area contributed by atoms with E-state index in [9.17, 15) is 0 Å². The van der Waals surface area contributed by atoms with Gasteiger partial charge in [-0.3, -0.25) is 0 Å². The molecule has 2 aliphatic rings. The standard InChI is InChI=1S/C134H102BN3/c1-133(2,3)128-114(96-52-27-11-28-53-96)79-107(80-115(128)97-54-29-12-30-55-97)109-83-118(100-60-35-15-36-61-100)131(119(84-109)101-62-37-16-38-63-101)137-124-76-72-105(93-48-23-9-24-49-93)87-122(124)135-123-88-106(94-50-25-10-26-51-94)73-77-125(123)138(127-90-113(89-126(137)130(127)135)136(111-74-70-95(71-75-111)91-44-19-7-20-45-91)112-69-43-68-104(78-112)92-46-21-8-22-47-92)132-120(102-64-39-17-40-65-102)85-110(86-121(132)103-66-41-18-42-67-103)108-81-116(98-56-31-13-32-57-98)129(134(4,5)6)117(82-108)99-58-33-14-34-59-99/h7-90H,1-6H3. The van der Waals surface area contributed by atoms with Crippen LogP contribution in [0.25, 0.3) is 156 Å². The van der Waals surface area contributed by atoms with E-state index < -0.39 is 6.71 Å². The molecule has 0 atom stereocenters. The predicted molar refractivity (Wildman–Crippen MR) is 589 cm³/mol. The average molecular weight is 1770 g/mol. The average Bonchev–Trinajstić information content (AvgIpc) is 0.683. The molecule has 21 aromatic carbocycles. The summed E-state index contributed by atoms with van der Waals surface area (Å²) in [5, 5.41) is 0. The van der Waals surface area contributed by atoms with Gasteiger partial charge in [-0.05, 0) is 269 Å². The topological polar surface area (TPSA) is 9.72 Å². The smallest absolute Gasteiger partial charge is 0.252 e. The molecule has 2 heterocycles. The molecule has 23 rings (SSSR count). The van der Waals surface area contributed by atoms with Crippen LogP contribution in [-0.4, -0.2) is 6.71 Å². The highest BCUT2D eigenvalue weighted by Crippen LogP contribution is 2.58. The molecule has 0 aliphatic carbocycles. The lowest BCUT2D eigenvalue weighted by Gasteiger charge is -2.46. The largest absolute Gasteiger partial charge is 0.310 e. The summed E-state index contributed by atoms with van der Waals surface area (Å²) in [6, 6.07) is 192. The molecule has 4 heteroatoms. The third-order valence-electron chi connectivity index (χ3n) is 27.8. The third kappa shape index (κ3) is 16.1. The molecule has 0 saturated heterocycles. The normalized spacial score (nSPS) is 12.1. The number of anilines is 9. The van der Waals surface area contributed by atoms with Gasteiger partial charge in [0, 0.05) is 56.4 Å². The van der Waals surface area contributed by atoms with E-state index in [1.807, 2.05) is 0 Å². The molecule has 21 aromatic rings. The summed E-state index contributed by atoms with van der Waals surface area (Å²) in [6.07, 6.45) is 0. The van der Waals surface area contributed by atoms with Gasteiger partial charge in [0.05, 0.1) is 17.1 Å². The van der Waals surface area contributed by atoms with Crippen LogP contribution in [0, 0.1) is 0 Å². The van der Waals surface area contributed by atoms with Crippen molar-refractivity contribution in [3.63, 3.8) is 0 Å². The van der Waals surface area contributed by atoms with Crippen LogP contribution in [0.3, 0.4) is 0 Å². The zero-order valence-corrected chi connectivity index (χ0v) is 78.4. The number of fused-ring (bicyclic) bond motifs is 4. The van der Waals surface area contributed by atoms with Gasteiger partial charge in [-0.15, -0.1) is 0 Å². The summed E-state index contributed by atoms with van der Waals surface area (Å²) < 4.78 is 0. The fourth-order valence-corrected chi connectivity index (χ4v) is 21.6. The van der Waals surface area contributed by atoms with Crippen molar-refractivity contribution in [1.82, 2.24) is 0 Å². The Hall–Kier alpha value is -16.9. The van der Waals surface area contributed by atoms with E-state index >= 15 is 0 Å². The second-order valence-corrected chi connectivity index (χ2v) is 38.6. The Kier molecular flexibility index (Phi) is 22.3. The monoisotopic (exact) mass is 1760 g/mol. The molecule has 0 saturated carbocycles. The van der Waals surface area contributed by atoms with Crippen molar-refractivity contribution < 1.29 is 0 Å². The molecule has 0 radical (unpaired) electrons. The van der Waals surface area contributed by atoms with Crippen molar-refractivity contribution in [3.8, 4) is 156 Å². The lowest BCUT2D eigenvalue weighted by atomic mass is 9.33. The third-order valence-corrected chi connectivity index (χ3v) is 27.8. The minimum atomic E-state index is -0.392. The van der Waals surface area contributed by atoms with Crippen molar-refractivity contribution in [1.29, 1.82) is 0 Å². The first kappa shape index (κ1) is 85.3. The maximum Gasteiger partial charge on any atom is 0.252 e. The minimum Gasteiger partial charge on any atom is -0.310 e. The van der Waals surface area contributed by atoms with Gasteiger partial charge >= 0.3 is 0 Å². The molecule has 0 N–H and O–H groups in total. The fourth-order valence-electron chi connectivity index (χ4n) is 21.6. The van der Waals surface area contributed by atoms with Crippen molar-refractivity contribution in [2.24, 2.45) is 0 Å². The minimum absolute atomic E-state index is 0.253. The Bertz CT molecular complexity index is 7420. The molecule has 2 aliphatic heterocycles. The second kappa shape index (κ2) is 36.1. The molecule has 3 nitrogen and oxygen atoms in total. The summed E-state index contributed by atoms with van der Waals surface area (Å²) in [4.78, 5) is 7.98. The first-order valence-corrected chi connectivity index (χ1v) is 48.2. The summed E-state index contributed by atoms with van der Waals surface area (Å²) >= 11 is 0. The van der Waals surface area contributed by atoms with Crippen LogP contribution in [0.15, 0.2) is 510 Å². The summed E-state index contributed by atoms with van der Waals surface area (Å²) in [6.45, 7) is 13.8. The van der Waals surface area contributed by atoms with Crippen LogP contribution >= 0.6 is 0 Å². The number of hydrogen-bond acceptors (Lipinski definition) is 3. The van der Waals surface area contributed by atoms with Gasteiger partial charge in [0.25, 0.3) is 6.71 Å². The van der Waals surface area contributed by atoms with E-state index in [2.05, 4.69) is 566 Å². The molecule has 138 heavy (non-hydrogen) atoms. The van der Waals surface area contributed by atoms with E-state index in [4.69, 9.17) is 0 Å². The van der Waals surface area contributed by atoms with Crippen LogP contribution < -0.4 is 31.1 Å². The summed E-state index contributed by atoms with van der Waals surface area (Å²) in [5.74, 6) is 0. The van der Waals surface area contributed by atoms with E-state index in [1.54, 1.807) is 0 Å². The van der Waals surface area contributed by atoms with Gasteiger partial charge in [-0.1, -0.05) is 454 Å². The molecule has 656 valence electrons. The van der Waals surface area contributed by atoms with Crippen LogP contribution in [-0.2, 0) is 10.8 Å². The highest BCUT2D eigenvalue weighted by atomic mass is 15.2. The Morgan fingerprint density at radius 3 is 0.667 bits per heavy atom. The van der Waals surface area contributed by atoms with Crippen molar-refractivity contribution >= 4 is 74.3 Å². The van der Waals surface area contributed by atoms with Crippen LogP contribution in [0.4, 0.5) is 51.2 Å². The number of benzene rings is 21. The van der Waals surface area contributed by atoms with Gasteiger partial charge in [0.1, 0.15) is 0 Å². The maximum atomic E-state index is 2.72. The predicted octanol–water partition coefficient (Wildman–Crippen LogP) is 35.2. The van der Waals surface area contributed by atoms with E-state index in [0.29, 0.717) is 0 Å². The number of nitrogens with zero attached hydrogens (tertiary/aromatic N) is 3. The quantitative estimate of drug-likeness (QED) is 0.0747. The zero-order valence-electron chi connectivity index (χ0n) is 78.4. The maximum absolute atomic E-state index is 2.72. The van der Waals surface area contributed by atoms with Gasteiger partial charge < -0.3 is 14.7 Å². The highest BCUT2D eigenvalue weighted by Gasteiger charge is 2.47. The van der Waals surface area contributed by atoms with Crippen molar-refractivity contribution in [3.05, 3.63) is 521 Å². The molecule has 0 bridgehead atoms. The summed E-state index contributed by atoms with van der Waals surface area (Å²) in [5.41, 5.74) is 46.4. The molecular weight excluding hydrogens is 1660 g/mol. The fraction of sp³-hybridized carbons (Fsp3) is 0.0597. The lowest BCUT2D eigenvalue weighted by molar-refractivity contribution is 0.593. The number of rotatable bonds is 19. The van der Waals surface area contributed by atoms with Gasteiger partial charge in [0.15, 0.2) is 0 Å². The molecule has 0 fully saturated rings. The van der Waals surface area contributed by atoms with Crippen LogP contribution in [0.2, 0.25) is 0 Å². The SMILES string of the molecule is CC(C)(C)c1c(-c2ccccc2)cc(-c2cc(-c3ccccc3)c(N3c4ccc(-c5ccccc5)cc4B4c5cc(-c6ccccc6)ccc5N(c5c(-c6ccccc6)cc(-c6cc(-c7ccccc7)c(C(C)(C)C)c(-c7ccccc7)c6)cc5-c5ccccc5)c5cc(N(c6ccc(-c7ccccc7)cc6)c6cccc(-c7ccccc7)c6)cc3c54)c(-c3ccccc3)c2)cc1-c1ccccc1. The van der Waals surface area contributed by atoms with Crippen molar-refractivity contribution in [2.45, 2.75) is 52.4 Å². The van der Waals surface area contributed by atoms with E-state index in [0.717, 1.165) is 168 Å². The van der Waals surface area contributed by atoms with Gasteiger partial charge in [-0.2, -0.15) is 0 Å².